The van der Waals surface area contributed by atoms with Crippen molar-refractivity contribution >= 4 is 28.2 Å². The van der Waals surface area contributed by atoms with Gasteiger partial charge in [-0.2, -0.15) is 0 Å². The molecule has 0 unspecified atom stereocenters. The Morgan fingerprint density at radius 1 is 1.33 bits per heavy atom. The number of carbonyl (C=O) groups excluding carboxylic acids is 1. The molecule has 0 aromatic heterocycles. The van der Waals surface area contributed by atoms with Gasteiger partial charge in [0.25, 0.3) is 0 Å². The zero-order chi connectivity index (χ0) is 15.6. The Bertz CT molecular complexity index is 711. The molecule has 0 aliphatic heterocycles. The SMILES string of the molecule is COc1cc(-c2ccc(C(=O)O)cc2)c(Br)c(C=O)c1F. The Hall–Kier alpha value is -2.21. The Kier molecular flexibility index (Phi) is 4.37. The molecule has 0 amide bonds. The van der Waals surface area contributed by atoms with E-state index >= 15 is 0 Å². The molecule has 0 fully saturated rings. The van der Waals surface area contributed by atoms with E-state index in [1.54, 1.807) is 12.1 Å². The van der Waals surface area contributed by atoms with Gasteiger partial charge in [0.15, 0.2) is 17.9 Å². The molecular formula is C15H10BrFO4. The number of halogens is 2. The minimum atomic E-state index is -1.04. The third kappa shape index (κ3) is 2.80. The summed E-state index contributed by atoms with van der Waals surface area (Å²) in [6.45, 7) is 0. The number of methoxy groups -OCH3 is 1. The van der Waals surface area contributed by atoms with Crippen LogP contribution in [0.15, 0.2) is 34.8 Å². The van der Waals surface area contributed by atoms with Gasteiger partial charge < -0.3 is 9.84 Å². The van der Waals surface area contributed by atoms with Crippen LogP contribution < -0.4 is 4.74 Å². The highest BCUT2D eigenvalue weighted by Gasteiger charge is 2.18. The molecule has 2 rings (SSSR count). The maximum atomic E-state index is 13.9. The molecule has 4 nitrogen and oxygen atoms in total. The van der Waals surface area contributed by atoms with Gasteiger partial charge in [0.1, 0.15) is 0 Å². The first-order valence-corrected chi connectivity index (χ1v) is 6.63. The summed E-state index contributed by atoms with van der Waals surface area (Å²) in [5.74, 6) is -1.84. The fourth-order valence-corrected chi connectivity index (χ4v) is 2.50. The number of hydrogen-bond donors (Lipinski definition) is 1. The molecule has 0 radical (unpaired) electrons. The molecule has 2 aromatic rings. The first kappa shape index (κ1) is 15.2. The van der Waals surface area contributed by atoms with E-state index in [0.717, 1.165) is 0 Å². The summed E-state index contributed by atoms with van der Waals surface area (Å²) in [5.41, 5.74) is 1.16. The van der Waals surface area contributed by atoms with E-state index in [4.69, 9.17) is 9.84 Å². The maximum absolute atomic E-state index is 13.9. The van der Waals surface area contributed by atoms with Crippen LogP contribution in [-0.2, 0) is 0 Å². The number of carboxylic acid groups (broad SMARTS) is 1. The molecule has 1 N–H and O–H groups in total. The fourth-order valence-electron chi connectivity index (χ4n) is 1.89. The summed E-state index contributed by atoms with van der Waals surface area (Å²) in [7, 11) is 1.30. The van der Waals surface area contributed by atoms with E-state index < -0.39 is 11.8 Å². The van der Waals surface area contributed by atoms with Crippen LogP contribution in [0.5, 0.6) is 5.75 Å². The number of aromatic carboxylic acids is 1. The summed E-state index contributed by atoms with van der Waals surface area (Å²) in [5, 5.41) is 8.88. The van der Waals surface area contributed by atoms with Crippen molar-refractivity contribution in [2.45, 2.75) is 0 Å². The minimum Gasteiger partial charge on any atom is -0.494 e. The van der Waals surface area contributed by atoms with E-state index in [0.29, 0.717) is 21.9 Å². The second kappa shape index (κ2) is 6.05. The topological polar surface area (TPSA) is 63.6 Å². The van der Waals surface area contributed by atoms with Crippen LogP contribution in [0, 0.1) is 5.82 Å². The number of ether oxygens (including phenoxy) is 1. The number of carbonyl (C=O) groups is 2. The number of hydrogen-bond acceptors (Lipinski definition) is 3. The summed E-state index contributed by atoms with van der Waals surface area (Å²) in [6.07, 6.45) is 0.400. The Labute approximate surface area is 128 Å². The summed E-state index contributed by atoms with van der Waals surface area (Å²) in [6, 6.07) is 7.47. The summed E-state index contributed by atoms with van der Waals surface area (Å²) in [4.78, 5) is 21.9. The number of carboxylic acids is 1. The highest BCUT2D eigenvalue weighted by molar-refractivity contribution is 9.10. The lowest BCUT2D eigenvalue weighted by Crippen LogP contribution is -1.99. The van der Waals surface area contributed by atoms with Crippen LogP contribution in [0.4, 0.5) is 4.39 Å². The van der Waals surface area contributed by atoms with E-state index in [9.17, 15) is 14.0 Å². The Morgan fingerprint density at radius 3 is 2.43 bits per heavy atom. The van der Waals surface area contributed by atoms with Gasteiger partial charge in [-0.1, -0.05) is 12.1 Å². The number of benzene rings is 2. The smallest absolute Gasteiger partial charge is 0.335 e. The third-order valence-electron chi connectivity index (χ3n) is 2.98. The normalized spacial score (nSPS) is 10.2. The van der Waals surface area contributed by atoms with Crippen LogP contribution in [0.1, 0.15) is 20.7 Å². The van der Waals surface area contributed by atoms with E-state index in [-0.39, 0.29) is 16.9 Å². The molecule has 0 aliphatic rings. The largest absolute Gasteiger partial charge is 0.494 e. The molecule has 0 atom stereocenters. The standard InChI is InChI=1S/C15H10BrFO4/c1-21-12-6-10(13(16)11(7-18)14(12)17)8-2-4-9(5-3-8)15(19)20/h2-7H,1H3,(H,19,20). The quantitative estimate of drug-likeness (QED) is 0.850. The third-order valence-corrected chi connectivity index (χ3v) is 3.84. The molecule has 0 saturated heterocycles. The van der Waals surface area contributed by atoms with Gasteiger partial charge in [-0.25, -0.2) is 9.18 Å². The zero-order valence-corrected chi connectivity index (χ0v) is 12.5. The average Bonchev–Trinajstić information content (AvgIpc) is 2.48. The highest BCUT2D eigenvalue weighted by Crippen LogP contribution is 2.36. The average molecular weight is 353 g/mol. The second-order valence-corrected chi connectivity index (χ2v) is 4.96. The van der Waals surface area contributed by atoms with Crippen molar-refractivity contribution in [1.82, 2.24) is 0 Å². The molecule has 0 spiro atoms. The molecule has 0 bridgehead atoms. The van der Waals surface area contributed by atoms with E-state index in [2.05, 4.69) is 15.9 Å². The van der Waals surface area contributed by atoms with E-state index in [1.165, 1.54) is 25.3 Å². The lowest BCUT2D eigenvalue weighted by Gasteiger charge is -2.12. The van der Waals surface area contributed by atoms with Crippen molar-refractivity contribution in [3.05, 3.63) is 51.7 Å². The molecule has 21 heavy (non-hydrogen) atoms. The maximum Gasteiger partial charge on any atom is 0.335 e. The molecule has 0 heterocycles. The lowest BCUT2D eigenvalue weighted by molar-refractivity contribution is 0.0696. The first-order valence-electron chi connectivity index (χ1n) is 5.84. The molecule has 2 aromatic carbocycles. The van der Waals surface area contributed by atoms with Crippen molar-refractivity contribution in [3.63, 3.8) is 0 Å². The molecule has 0 aliphatic carbocycles. The Morgan fingerprint density at radius 2 is 1.95 bits per heavy atom. The predicted octanol–water partition coefficient (Wildman–Crippen LogP) is 3.77. The predicted molar refractivity (Wildman–Crippen MR) is 78.4 cm³/mol. The molecule has 108 valence electrons. The first-order chi connectivity index (χ1) is 9.99. The second-order valence-electron chi connectivity index (χ2n) is 4.17. The summed E-state index contributed by atoms with van der Waals surface area (Å²) >= 11 is 3.20. The van der Waals surface area contributed by atoms with E-state index in [1.807, 2.05) is 0 Å². The van der Waals surface area contributed by atoms with Crippen molar-refractivity contribution in [2.24, 2.45) is 0 Å². The fraction of sp³-hybridized carbons (Fsp3) is 0.0667. The molecule has 0 saturated carbocycles. The van der Waals surface area contributed by atoms with Crippen LogP contribution in [-0.4, -0.2) is 24.5 Å². The van der Waals surface area contributed by atoms with Crippen LogP contribution in [0.25, 0.3) is 11.1 Å². The van der Waals surface area contributed by atoms with Gasteiger partial charge in [0, 0.05) is 10.0 Å². The van der Waals surface area contributed by atoms with Crippen LogP contribution in [0.2, 0.25) is 0 Å². The van der Waals surface area contributed by atoms with Crippen molar-refractivity contribution in [3.8, 4) is 16.9 Å². The monoisotopic (exact) mass is 352 g/mol. The van der Waals surface area contributed by atoms with Gasteiger partial charge in [-0.05, 0) is 39.7 Å². The van der Waals surface area contributed by atoms with Crippen LogP contribution >= 0.6 is 15.9 Å². The van der Waals surface area contributed by atoms with Crippen molar-refractivity contribution in [1.29, 1.82) is 0 Å². The molecule has 6 heteroatoms. The number of rotatable bonds is 4. The molecular weight excluding hydrogens is 343 g/mol. The van der Waals surface area contributed by atoms with Gasteiger partial charge in [-0.3, -0.25) is 4.79 Å². The van der Waals surface area contributed by atoms with Crippen molar-refractivity contribution < 1.29 is 23.8 Å². The van der Waals surface area contributed by atoms with Gasteiger partial charge in [-0.15, -0.1) is 0 Å². The number of aldehydes is 1. The highest BCUT2D eigenvalue weighted by atomic mass is 79.9. The Balaban J connectivity index is 2.63. The summed E-state index contributed by atoms with van der Waals surface area (Å²) < 4.78 is 19.1. The van der Waals surface area contributed by atoms with Gasteiger partial charge in [0.2, 0.25) is 0 Å². The van der Waals surface area contributed by atoms with Crippen LogP contribution in [0.3, 0.4) is 0 Å². The lowest BCUT2D eigenvalue weighted by atomic mass is 10.0. The van der Waals surface area contributed by atoms with Crippen molar-refractivity contribution in [2.75, 3.05) is 7.11 Å². The zero-order valence-electron chi connectivity index (χ0n) is 10.9. The van der Waals surface area contributed by atoms with Gasteiger partial charge in [0.05, 0.1) is 18.2 Å². The van der Waals surface area contributed by atoms with Gasteiger partial charge >= 0.3 is 5.97 Å². The minimum absolute atomic E-state index is 0.0578.